The van der Waals surface area contributed by atoms with Crippen LogP contribution in [0.1, 0.15) is 38.5 Å². The van der Waals surface area contributed by atoms with E-state index in [1.165, 1.54) is 18.6 Å². The summed E-state index contributed by atoms with van der Waals surface area (Å²) in [4.78, 5) is 12.2. The first-order valence-electron chi connectivity index (χ1n) is 8.46. The zero-order valence-corrected chi connectivity index (χ0v) is 14.4. The molecule has 3 rings (SSSR count). The molecule has 1 fully saturated rings. The van der Waals surface area contributed by atoms with Crippen molar-refractivity contribution in [1.29, 1.82) is 0 Å². The van der Waals surface area contributed by atoms with Crippen LogP contribution in [-0.4, -0.2) is 39.3 Å². The Hall–Kier alpha value is -1.76. The quantitative estimate of drug-likeness (QED) is 0.876. The fourth-order valence-corrected chi connectivity index (χ4v) is 4.36. The molecule has 0 unspecified atom stereocenters. The topological polar surface area (TPSA) is 81.7 Å². The van der Waals surface area contributed by atoms with E-state index in [1.807, 2.05) is 0 Å². The van der Waals surface area contributed by atoms with Gasteiger partial charge < -0.3 is 14.8 Å². The molecule has 1 aromatic rings. The molecule has 1 aliphatic heterocycles. The van der Waals surface area contributed by atoms with E-state index < -0.39 is 9.84 Å². The van der Waals surface area contributed by atoms with Crippen molar-refractivity contribution in [2.45, 2.75) is 49.5 Å². The van der Waals surface area contributed by atoms with Crippen LogP contribution < -0.4 is 14.8 Å². The molecule has 24 heavy (non-hydrogen) atoms. The van der Waals surface area contributed by atoms with Crippen molar-refractivity contribution < 1.29 is 22.7 Å². The van der Waals surface area contributed by atoms with Gasteiger partial charge in [0.15, 0.2) is 21.3 Å². The minimum Gasteiger partial charge on any atom is -0.486 e. The number of carbonyl (C=O) groups excluding carboxylic acids is 1. The first-order valence-corrected chi connectivity index (χ1v) is 10.1. The summed E-state index contributed by atoms with van der Waals surface area (Å²) < 4.78 is 35.7. The van der Waals surface area contributed by atoms with Gasteiger partial charge in [-0.15, -0.1) is 0 Å². The number of fused-ring (bicyclic) bond motifs is 1. The van der Waals surface area contributed by atoms with Crippen molar-refractivity contribution in [2.24, 2.45) is 0 Å². The highest BCUT2D eigenvalue weighted by Crippen LogP contribution is 2.32. The van der Waals surface area contributed by atoms with E-state index in [-0.39, 0.29) is 29.0 Å². The lowest BCUT2D eigenvalue weighted by Gasteiger charge is -2.22. The number of benzene rings is 1. The van der Waals surface area contributed by atoms with Gasteiger partial charge in [0.2, 0.25) is 5.91 Å². The minimum absolute atomic E-state index is 0.0206. The molecule has 132 valence electrons. The molecule has 1 saturated carbocycles. The Labute approximate surface area is 142 Å². The van der Waals surface area contributed by atoms with E-state index in [9.17, 15) is 13.2 Å². The maximum Gasteiger partial charge on any atom is 0.221 e. The SMILES string of the molecule is O=C(CCS(=O)(=O)c1ccc2c(c1)OCCO2)NC1CCCCC1. The lowest BCUT2D eigenvalue weighted by molar-refractivity contribution is -0.121. The standard InChI is InChI=1S/C17H23NO5S/c19-17(18-13-4-2-1-3-5-13)8-11-24(20,21)14-6-7-15-16(12-14)23-10-9-22-15/h6-7,12-13H,1-5,8-11H2,(H,18,19). The average Bonchev–Trinajstić information content (AvgIpc) is 2.60. The summed E-state index contributed by atoms with van der Waals surface area (Å²) in [6.45, 7) is 0.862. The third kappa shape index (κ3) is 4.20. The number of hydrogen-bond acceptors (Lipinski definition) is 5. The average molecular weight is 353 g/mol. The molecule has 0 spiro atoms. The van der Waals surface area contributed by atoms with E-state index in [0.29, 0.717) is 24.7 Å². The summed E-state index contributed by atoms with van der Waals surface area (Å²) in [5.74, 6) is 0.595. The molecule has 0 bridgehead atoms. The number of hydrogen-bond donors (Lipinski definition) is 1. The van der Waals surface area contributed by atoms with Crippen molar-refractivity contribution >= 4 is 15.7 Å². The molecule has 1 heterocycles. The van der Waals surface area contributed by atoms with E-state index in [2.05, 4.69) is 5.32 Å². The van der Waals surface area contributed by atoms with Gasteiger partial charge in [0, 0.05) is 18.5 Å². The van der Waals surface area contributed by atoms with E-state index >= 15 is 0 Å². The molecular formula is C17H23NO5S. The minimum atomic E-state index is -3.53. The van der Waals surface area contributed by atoms with Crippen molar-refractivity contribution in [3.8, 4) is 11.5 Å². The molecule has 1 N–H and O–H groups in total. The highest BCUT2D eigenvalue weighted by Gasteiger charge is 2.22. The van der Waals surface area contributed by atoms with Crippen LogP contribution in [0.3, 0.4) is 0 Å². The lowest BCUT2D eigenvalue weighted by atomic mass is 9.95. The van der Waals surface area contributed by atoms with Gasteiger partial charge in [0.05, 0.1) is 10.6 Å². The molecule has 0 radical (unpaired) electrons. The molecule has 1 aromatic carbocycles. The number of carbonyl (C=O) groups is 1. The first-order chi connectivity index (χ1) is 11.5. The molecule has 6 nitrogen and oxygen atoms in total. The fraction of sp³-hybridized carbons (Fsp3) is 0.588. The summed E-state index contributed by atoms with van der Waals surface area (Å²) in [5, 5.41) is 2.94. The number of nitrogens with one attached hydrogen (secondary N) is 1. The maximum atomic E-state index is 12.4. The Kier molecular flexibility index (Phi) is 5.28. The predicted molar refractivity (Wildman–Crippen MR) is 89.1 cm³/mol. The van der Waals surface area contributed by atoms with Gasteiger partial charge in [-0.05, 0) is 25.0 Å². The summed E-state index contributed by atoms with van der Waals surface area (Å²) in [6.07, 6.45) is 5.42. The molecule has 7 heteroatoms. The largest absolute Gasteiger partial charge is 0.486 e. The van der Waals surface area contributed by atoms with Gasteiger partial charge in [-0.3, -0.25) is 4.79 Å². The number of rotatable bonds is 5. The van der Waals surface area contributed by atoms with Crippen LogP contribution in [0.4, 0.5) is 0 Å². The fourth-order valence-electron chi connectivity index (χ4n) is 3.11. The van der Waals surface area contributed by atoms with Crippen molar-refractivity contribution in [2.75, 3.05) is 19.0 Å². The summed E-state index contributed by atoms with van der Waals surface area (Å²) >= 11 is 0. The Morgan fingerprint density at radius 3 is 2.54 bits per heavy atom. The Bertz CT molecular complexity index is 695. The van der Waals surface area contributed by atoms with Gasteiger partial charge in [-0.2, -0.15) is 0 Å². The van der Waals surface area contributed by atoms with E-state index in [4.69, 9.17) is 9.47 Å². The zero-order chi connectivity index (χ0) is 17.0. The number of sulfone groups is 1. The number of ether oxygens (including phenoxy) is 2. The second-order valence-corrected chi connectivity index (χ2v) is 8.39. The van der Waals surface area contributed by atoms with E-state index in [0.717, 1.165) is 25.7 Å². The van der Waals surface area contributed by atoms with Crippen molar-refractivity contribution in [3.05, 3.63) is 18.2 Å². The van der Waals surface area contributed by atoms with Crippen LogP contribution in [0.15, 0.2) is 23.1 Å². The molecule has 0 atom stereocenters. The normalized spacial score (nSPS) is 18.2. The number of amides is 1. The van der Waals surface area contributed by atoms with Gasteiger partial charge in [0.25, 0.3) is 0 Å². The second kappa shape index (κ2) is 7.42. The highest BCUT2D eigenvalue weighted by molar-refractivity contribution is 7.91. The Morgan fingerprint density at radius 1 is 1.08 bits per heavy atom. The molecule has 1 amide bonds. The smallest absolute Gasteiger partial charge is 0.221 e. The van der Waals surface area contributed by atoms with Gasteiger partial charge in [-0.1, -0.05) is 19.3 Å². The molecule has 2 aliphatic rings. The third-order valence-electron chi connectivity index (χ3n) is 4.44. The van der Waals surface area contributed by atoms with Crippen molar-refractivity contribution in [3.63, 3.8) is 0 Å². The van der Waals surface area contributed by atoms with Crippen LogP contribution in [0.5, 0.6) is 11.5 Å². The zero-order valence-electron chi connectivity index (χ0n) is 13.6. The van der Waals surface area contributed by atoms with Crippen LogP contribution in [0, 0.1) is 0 Å². The summed E-state index contributed by atoms with van der Waals surface area (Å²) in [6, 6.07) is 4.78. The third-order valence-corrected chi connectivity index (χ3v) is 6.15. The lowest BCUT2D eigenvalue weighted by Crippen LogP contribution is -2.36. The van der Waals surface area contributed by atoms with Crippen LogP contribution >= 0.6 is 0 Å². The van der Waals surface area contributed by atoms with Gasteiger partial charge in [-0.25, -0.2) is 8.42 Å². The van der Waals surface area contributed by atoms with Crippen LogP contribution in [0.25, 0.3) is 0 Å². The molecular weight excluding hydrogens is 330 g/mol. The second-order valence-electron chi connectivity index (χ2n) is 6.28. The summed E-state index contributed by atoms with van der Waals surface area (Å²) in [7, 11) is -3.53. The van der Waals surface area contributed by atoms with Crippen molar-refractivity contribution in [1.82, 2.24) is 5.32 Å². The highest BCUT2D eigenvalue weighted by atomic mass is 32.2. The van der Waals surface area contributed by atoms with Gasteiger partial charge >= 0.3 is 0 Å². The Balaban J connectivity index is 1.58. The van der Waals surface area contributed by atoms with Crippen LogP contribution in [0.2, 0.25) is 0 Å². The predicted octanol–water partition coefficient (Wildman–Crippen LogP) is 2.07. The molecule has 1 aliphatic carbocycles. The Morgan fingerprint density at radius 2 is 1.79 bits per heavy atom. The first kappa shape index (κ1) is 17.1. The summed E-state index contributed by atoms with van der Waals surface area (Å²) in [5.41, 5.74) is 0. The molecule has 0 saturated heterocycles. The van der Waals surface area contributed by atoms with Gasteiger partial charge in [0.1, 0.15) is 13.2 Å². The van der Waals surface area contributed by atoms with Crippen LogP contribution in [-0.2, 0) is 14.6 Å². The maximum absolute atomic E-state index is 12.4. The molecule has 0 aromatic heterocycles. The van der Waals surface area contributed by atoms with E-state index in [1.54, 1.807) is 6.07 Å². The monoisotopic (exact) mass is 353 g/mol.